The van der Waals surface area contributed by atoms with Crippen molar-refractivity contribution < 1.29 is 14.3 Å². The minimum atomic E-state index is -0.396. The molecule has 1 aliphatic heterocycles. The first kappa shape index (κ1) is 14.5. The molecule has 0 aromatic heterocycles. The highest BCUT2D eigenvalue weighted by atomic mass is 16.5. The number of ether oxygens (including phenoxy) is 1. The van der Waals surface area contributed by atoms with Crippen LogP contribution in [-0.4, -0.2) is 43.0 Å². The average Bonchev–Trinajstić information content (AvgIpc) is 2.45. The summed E-state index contributed by atoms with van der Waals surface area (Å²) in [5.74, 6) is 0.137. The normalized spacial score (nSPS) is 21.4. The fraction of sp³-hybridized carbons (Fsp3) is 0.429. The van der Waals surface area contributed by atoms with Crippen molar-refractivity contribution in [3.05, 3.63) is 29.8 Å². The maximum Gasteiger partial charge on any atom is 0.243 e. The molecular formula is C14H19N3O3. The summed E-state index contributed by atoms with van der Waals surface area (Å²) in [6, 6.07) is 6.91. The first-order valence-corrected chi connectivity index (χ1v) is 6.50. The van der Waals surface area contributed by atoms with Crippen molar-refractivity contribution in [1.29, 1.82) is 0 Å². The summed E-state index contributed by atoms with van der Waals surface area (Å²) in [6.45, 7) is 2.24. The number of hydrogen-bond acceptors (Lipinski definition) is 5. The number of benzene rings is 1. The fourth-order valence-electron chi connectivity index (χ4n) is 2.43. The SMILES string of the molecule is COc1cccc(C(CN)N2CC(=O)NC(=O)C2C)c1. The minimum Gasteiger partial charge on any atom is -0.497 e. The van der Waals surface area contributed by atoms with Gasteiger partial charge in [0.15, 0.2) is 0 Å². The van der Waals surface area contributed by atoms with Gasteiger partial charge in [0.1, 0.15) is 5.75 Å². The second-order valence-electron chi connectivity index (χ2n) is 4.79. The summed E-state index contributed by atoms with van der Waals surface area (Å²) in [6.07, 6.45) is 0. The van der Waals surface area contributed by atoms with Crippen molar-refractivity contribution in [2.45, 2.75) is 19.0 Å². The number of nitrogens with zero attached hydrogens (tertiary/aromatic N) is 1. The van der Waals surface area contributed by atoms with Crippen LogP contribution < -0.4 is 15.8 Å². The van der Waals surface area contributed by atoms with Crippen molar-refractivity contribution in [3.8, 4) is 5.75 Å². The van der Waals surface area contributed by atoms with Gasteiger partial charge in [-0.15, -0.1) is 0 Å². The van der Waals surface area contributed by atoms with E-state index in [2.05, 4.69) is 5.32 Å². The predicted molar refractivity (Wildman–Crippen MR) is 74.1 cm³/mol. The smallest absolute Gasteiger partial charge is 0.243 e. The van der Waals surface area contributed by atoms with Gasteiger partial charge in [-0.05, 0) is 24.6 Å². The van der Waals surface area contributed by atoms with Gasteiger partial charge in [-0.3, -0.25) is 19.8 Å². The quantitative estimate of drug-likeness (QED) is 0.759. The van der Waals surface area contributed by atoms with Crippen molar-refractivity contribution in [3.63, 3.8) is 0 Å². The Morgan fingerprint density at radius 1 is 1.50 bits per heavy atom. The predicted octanol–water partition coefficient (Wildman–Crippen LogP) is 0.0419. The first-order valence-electron chi connectivity index (χ1n) is 6.50. The van der Waals surface area contributed by atoms with Crippen LogP contribution in [0.3, 0.4) is 0 Å². The number of nitrogens with two attached hydrogens (primary N) is 1. The third kappa shape index (κ3) is 2.81. The monoisotopic (exact) mass is 277 g/mol. The summed E-state index contributed by atoms with van der Waals surface area (Å²) in [7, 11) is 1.59. The Morgan fingerprint density at radius 2 is 2.25 bits per heavy atom. The van der Waals surface area contributed by atoms with Crippen LogP contribution in [0.25, 0.3) is 0 Å². The molecule has 0 bridgehead atoms. The molecule has 0 aliphatic carbocycles. The fourth-order valence-corrected chi connectivity index (χ4v) is 2.43. The molecule has 0 saturated carbocycles. The zero-order chi connectivity index (χ0) is 14.7. The summed E-state index contributed by atoms with van der Waals surface area (Å²) in [5, 5.41) is 2.33. The summed E-state index contributed by atoms with van der Waals surface area (Å²) >= 11 is 0. The first-order chi connectivity index (χ1) is 9.56. The van der Waals surface area contributed by atoms with Crippen LogP contribution in [0.5, 0.6) is 5.75 Å². The average molecular weight is 277 g/mol. The van der Waals surface area contributed by atoms with Gasteiger partial charge in [-0.1, -0.05) is 12.1 Å². The van der Waals surface area contributed by atoms with E-state index in [1.54, 1.807) is 14.0 Å². The molecule has 6 heteroatoms. The van der Waals surface area contributed by atoms with E-state index in [1.807, 2.05) is 29.2 Å². The third-order valence-electron chi connectivity index (χ3n) is 3.57. The zero-order valence-corrected chi connectivity index (χ0v) is 11.6. The topological polar surface area (TPSA) is 84.7 Å². The molecule has 108 valence electrons. The van der Waals surface area contributed by atoms with Gasteiger partial charge < -0.3 is 10.5 Å². The number of carbonyl (C=O) groups is 2. The third-order valence-corrected chi connectivity index (χ3v) is 3.57. The molecule has 1 aromatic carbocycles. The zero-order valence-electron chi connectivity index (χ0n) is 11.6. The van der Waals surface area contributed by atoms with Crippen LogP contribution in [0, 0.1) is 0 Å². The maximum atomic E-state index is 11.8. The second kappa shape index (κ2) is 6.02. The summed E-state index contributed by atoms with van der Waals surface area (Å²) in [4.78, 5) is 25.1. The highest BCUT2D eigenvalue weighted by Gasteiger charge is 2.35. The molecule has 1 aromatic rings. The molecule has 2 atom stereocenters. The molecule has 20 heavy (non-hydrogen) atoms. The van der Waals surface area contributed by atoms with E-state index in [9.17, 15) is 9.59 Å². The lowest BCUT2D eigenvalue weighted by atomic mass is 10.0. The second-order valence-corrected chi connectivity index (χ2v) is 4.79. The van der Waals surface area contributed by atoms with E-state index < -0.39 is 6.04 Å². The molecule has 1 aliphatic rings. The molecule has 2 unspecified atom stereocenters. The molecule has 1 saturated heterocycles. The molecule has 6 nitrogen and oxygen atoms in total. The number of imide groups is 1. The van der Waals surface area contributed by atoms with Crippen LogP contribution in [0.4, 0.5) is 0 Å². The van der Waals surface area contributed by atoms with Crippen molar-refractivity contribution in [2.24, 2.45) is 5.73 Å². The van der Waals surface area contributed by atoms with E-state index in [4.69, 9.17) is 10.5 Å². The number of piperazine rings is 1. The Hall–Kier alpha value is -1.92. The van der Waals surface area contributed by atoms with Crippen LogP contribution >= 0.6 is 0 Å². The number of carbonyl (C=O) groups excluding carboxylic acids is 2. The van der Waals surface area contributed by atoms with Crippen LogP contribution in [0.1, 0.15) is 18.5 Å². The molecule has 0 spiro atoms. The molecular weight excluding hydrogens is 258 g/mol. The van der Waals surface area contributed by atoms with Crippen LogP contribution in [0.2, 0.25) is 0 Å². The number of rotatable bonds is 4. The van der Waals surface area contributed by atoms with Gasteiger partial charge in [0.2, 0.25) is 11.8 Å². The standard InChI is InChI=1S/C14H19N3O3/c1-9-14(19)16-13(18)8-17(9)12(7-15)10-4-3-5-11(6-10)20-2/h3-6,9,12H,7-8,15H2,1-2H3,(H,16,18,19). The maximum absolute atomic E-state index is 11.8. The lowest BCUT2D eigenvalue weighted by Gasteiger charge is -2.37. The molecule has 2 amide bonds. The minimum absolute atomic E-state index is 0.159. The molecule has 1 heterocycles. The highest BCUT2D eigenvalue weighted by Crippen LogP contribution is 2.26. The molecule has 3 N–H and O–H groups in total. The highest BCUT2D eigenvalue weighted by molar-refractivity contribution is 6.00. The number of methoxy groups -OCH3 is 1. The van der Waals surface area contributed by atoms with E-state index in [-0.39, 0.29) is 24.4 Å². The Morgan fingerprint density at radius 3 is 2.90 bits per heavy atom. The summed E-state index contributed by atoms with van der Waals surface area (Å²) in [5.41, 5.74) is 6.79. The Labute approximate surface area is 117 Å². The van der Waals surface area contributed by atoms with E-state index >= 15 is 0 Å². The van der Waals surface area contributed by atoms with Gasteiger partial charge in [0, 0.05) is 12.6 Å². The Balaban J connectivity index is 2.30. The van der Waals surface area contributed by atoms with Gasteiger partial charge >= 0.3 is 0 Å². The van der Waals surface area contributed by atoms with E-state index in [0.29, 0.717) is 6.54 Å². The molecule has 0 radical (unpaired) electrons. The summed E-state index contributed by atoms with van der Waals surface area (Å²) < 4.78 is 5.20. The lowest BCUT2D eigenvalue weighted by molar-refractivity contribution is -0.140. The largest absolute Gasteiger partial charge is 0.497 e. The van der Waals surface area contributed by atoms with Crippen molar-refractivity contribution >= 4 is 11.8 Å². The Kier molecular flexibility index (Phi) is 4.36. The van der Waals surface area contributed by atoms with Crippen LogP contribution in [0.15, 0.2) is 24.3 Å². The van der Waals surface area contributed by atoms with Gasteiger partial charge in [-0.2, -0.15) is 0 Å². The number of hydrogen-bond donors (Lipinski definition) is 2. The molecule has 1 fully saturated rings. The van der Waals surface area contributed by atoms with Gasteiger partial charge in [0.05, 0.1) is 19.7 Å². The van der Waals surface area contributed by atoms with Gasteiger partial charge in [0.25, 0.3) is 0 Å². The number of nitrogens with one attached hydrogen (secondary N) is 1. The van der Waals surface area contributed by atoms with Crippen LogP contribution in [-0.2, 0) is 9.59 Å². The Bertz CT molecular complexity index is 518. The van der Waals surface area contributed by atoms with E-state index in [0.717, 1.165) is 11.3 Å². The van der Waals surface area contributed by atoms with Gasteiger partial charge in [-0.25, -0.2) is 0 Å². The number of amides is 2. The van der Waals surface area contributed by atoms with E-state index in [1.165, 1.54) is 0 Å². The van der Waals surface area contributed by atoms with Crippen molar-refractivity contribution in [1.82, 2.24) is 10.2 Å². The molecule has 2 rings (SSSR count). The lowest BCUT2D eigenvalue weighted by Crippen LogP contribution is -2.58. The van der Waals surface area contributed by atoms with Crippen molar-refractivity contribution in [2.75, 3.05) is 20.2 Å².